The van der Waals surface area contributed by atoms with Crippen molar-refractivity contribution in [3.63, 3.8) is 0 Å². The topological polar surface area (TPSA) is 46.1 Å². The molecule has 4 heteroatoms. The largest absolute Gasteiger partial charge is 0.303 e. The fourth-order valence-corrected chi connectivity index (χ4v) is 4.00. The zero-order valence-corrected chi connectivity index (χ0v) is 15.2. The van der Waals surface area contributed by atoms with Crippen molar-refractivity contribution in [1.29, 1.82) is 0 Å². The molecule has 3 rings (SSSR count). The summed E-state index contributed by atoms with van der Waals surface area (Å²) in [6.45, 7) is 5.18. The first-order valence-corrected chi connectivity index (χ1v) is 9.24. The lowest BCUT2D eigenvalue weighted by Crippen LogP contribution is -2.38. The molecular weight excluding hydrogens is 310 g/mol. The molecule has 0 aromatic carbocycles. The smallest absolute Gasteiger partial charge is 0.120 e. The van der Waals surface area contributed by atoms with Crippen LogP contribution in [0.25, 0.3) is 0 Å². The van der Waals surface area contributed by atoms with Crippen LogP contribution in [0.15, 0.2) is 36.7 Å². The van der Waals surface area contributed by atoms with E-state index in [1.807, 2.05) is 24.5 Å². The monoisotopic (exact) mass is 337 g/mol. The highest BCUT2D eigenvalue weighted by Crippen LogP contribution is 2.42. The van der Waals surface area contributed by atoms with E-state index in [1.54, 1.807) is 0 Å². The van der Waals surface area contributed by atoms with Gasteiger partial charge in [0.1, 0.15) is 6.29 Å². The van der Waals surface area contributed by atoms with Gasteiger partial charge in [-0.15, -0.1) is 0 Å². The maximum atomic E-state index is 10.8. The molecule has 2 aromatic rings. The van der Waals surface area contributed by atoms with Crippen molar-refractivity contribution >= 4 is 6.29 Å². The third-order valence-electron chi connectivity index (χ3n) is 5.23. The van der Waals surface area contributed by atoms with E-state index in [1.165, 1.54) is 28.9 Å². The first-order chi connectivity index (χ1) is 12.2. The van der Waals surface area contributed by atoms with E-state index < -0.39 is 0 Å². The fourth-order valence-electron chi connectivity index (χ4n) is 4.00. The second-order valence-electron chi connectivity index (χ2n) is 6.92. The minimum atomic E-state index is 0.299. The standard InChI is InChI=1S/C21H27N3O/c1-16-8-6-12-22-20(16)18-10-5-11-19(24(18)14-3-4-15-25)21-17(2)9-7-13-23-21/h6-9,12-13,15,18-19H,3-5,10-11,14H2,1-2H3. The Morgan fingerprint density at radius 2 is 1.60 bits per heavy atom. The van der Waals surface area contributed by atoms with Crippen LogP contribution in [0.5, 0.6) is 0 Å². The van der Waals surface area contributed by atoms with Crippen LogP contribution in [0.3, 0.4) is 0 Å². The van der Waals surface area contributed by atoms with Gasteiger partial charge in [0.05, 0.1) is 23.5 Å². The minimum Gasteiger partial charge on any atom is -0.303 e. The number of rotatable bonds is 6. The maximum absolute atomic E-state index is 10.8. The highest BCUT2D eigenvalue weighted by Gasteiger charge is 2.34. The molecule has 0 amide bonds. The Labute approximate surface area is 150 Å². The Balaban J connectivity index is 1.95. The summed E-state index contributed by atoms with van der Waals surface area (Å²) in [4.78, 5) is 22.8. The fraction of sp³-hybridized carbons (Fsp3) is 0.476. The summed E-state index contributed by atoms with van der Waals surface area (Å²) in [5.41, 5.74) is 4.83. The summed E-state index contributed by atoms with van der Waals surface area (Å²) >= 11 is 0. The van der Waals surface area contributed by atoms with E-state index >= 15 is 0 Å². The number of carbonyl (C=O) groups excluding carboxylic acids is 1. The third kappa shape index (κ3) is 3.96. The van der Waals surface area contributed by atoms with Gasteiger partial charge in [-0.1, -0.05) is 12.1 Å². The van der Waals surface area contributed by atoms with Crippen LogP contribution in [-0.4, -0.2) is 27.7 Å². The van der Waals surface area contributed by atoms with Gasteiger partial charge in [0.15, 0.2) is 0 Å². The van der Waals surface area contributed by atoms with Crippen LogP contribution in [-0.2, 0) is 4.79 Å². The van der Waals surface area contributed by atoms with Crippen LogP contribution in [0.1, 0.15) is 66.7 Å². The van der Waals surface area contributed by atoms with Crippen LogP contribution in [0.2, 0.25) is 0 Å². The molecule has 0 spiro atoms. The predicted molar refractivity (Wildman–Crippen MR) is 99.3 cm³/mol. The van der Waals surface area contributed by atoms with Crippen molar-refractivity contribution in [3.05, 3.63) is 59.2 Å². The van der Waals surface area contributed by atoms with Gasteiger partial charge in [-0.05, 0) is 69.3 Å². The summed E-state index contributed by atoms with van der Waals surface area (Å²) in [5, 5.41) is 0. The Morgan fingerprint density at radius 1 is 1.04 bits per heavy atom. The van der Waals surface area contributed by atoms with E-state index in [9.17, 15) is 4.79 Å². The normalized spacial score (nSPS) is 21.2. The van der Waals surface area contributed by atoms with Gasteiger partial charge in [-0.25, -0.2) is 0 Å². The second kappa shape index (κ2) is 8.34. The SMILES string of the molecule is Cc1cccnc1C1CCCC(c2ncccc2C)N1CCCC=O. The van der Waals surface area contributed by atoms with Crippen LogP contribution in [0.4, 0.5) is 0 Å². The molecule has 2 atom stereocenters. The average molecular weight is 337 g/mol. The Kier molecular flexibility index (Phi) is 5.92. The van der Waals surface area contributed by atoms with Gasteiger partial charge in [0, 0.05) is 18.8 Å². The molecule has 0 bridgehead atoms. The first kappa shape index (κ1) is 17.7. The summed E-state index contributed by atoms with van der Waals surface area (Å²) in [5.74, 6) is 0. The zero-order valence-electron chi connectivity index (χ0n) is 15.2. The van der Waals surface area contributed by atoms with Crippen molar-refractivity contribution in [2.24, 2.45) is 0 Å². The molecule has 0 radical (unpaired) electrons. The quantitative estimate of drug-likeness (QED) is 0.581. The van der Waals surface area contributed by atoms with E-state index in [4.69, 9.17) is 9.97 Å². The molecule has 3 heterocycles. The van der Waals surface area contributed by atoms with E-state index in [2.05, 4.69) is 30.9 Å². The lowest BCUT2D eigenvalue weighted by Gasteiger charge is -2.42. The van der Waals surface area contributed by atoms with Crippen molar-refractivity contribution in [2.75, 3.05) is 6.54 Å². The van der Waals surface area contributed by atoms with E-state index in [0.717, 1.165) is 32.1 Å². The number of pyridine rings is 2. The number of unbranched alkanes of at least 4 members (excludes halogenated alkanes) is 1. The van der Waals surface area contributed by atoms with Crippen LogP contribution >= 0.6 is 0 Å². The van der Waals surface area contributed by atoms with Crippen molar-refractivity contribution in [1.82, 2.24) is 14.9 Å². The highest BCUT2D eigenvalue weighted by molar-refractivity contribution is 5.49. The first-order valence-electron chi connectivity index (χ1n) is 9.24. The van der Waals surface area contributed by atoms with Gasteiger partial charge < -0.3 is 4.79 Å². The molecule has 2 unspecified atom stereocenters. The minimum absolute atomic E-state index is 0.299. The molecule has 2 aromatic heterocycles. The Hall–Kier alpha value is -2.07. The number of aldehydes is 1. The molecule has 1 saturated heterocycles. The zero-order chi connectivity index (χ0) is 17.6. The lowest BCUT2D eigenvalue weighted by molar-refractivity contribution is -0.108. The maximum Gasteiger partial charge on any atom is 0.120 e. The molecular formula is C21H27N3O. The summed E-state index contributed by atoms with van der Waals surface area (Å²) in [6.07, 6.45) is 9.69. The predicted octanol–water partition coefficient (Wildman–Crippen LogP) is 4.34. The Morgan fingerprint density at radius 3 is 2.08 bits per heavy atom. The van der Waals surface area contributed by atoms with Crippen molar-refractivity contribution < 1.29 is 4.79 Å². The van der Waals surface area contributed by atoms with Crippen molar-refractivity contribution in [2.45, 2.75) is 58.0 Å². The molecule has 1 fully saturated rings. The van der Waals surface area contributed by atoms with Gasteiger partial charge >= 0.3 is 0 Å². The number of likely N-dealkylation sites (tertiary alicyclic amines) is 1. The molecule has 4 nitrogen and oxygen atoms in total. The number of piperidine rings is 1. The number of nitrogens with zero attached hydrogens (tertiary/aromatic N) is 3. The summed E-state index contributed by atoms with van der Waals surface area (Å²) in [6, 6.07) is 8.88. The number of hydrogen-bond acceptors (Lipinski definition) is 4. The van der Waals surface area contributed by atoms with Gasteiger partial charge in [-0.2, -0.15) is 0 Å². The molecule has 0 aliphatic carbocycles. The molecule has 0 N–H and O–H groups in total. The second-order valence-corrected chi connectivity index (χ2v) is 6.92. The molecule has 132 valence electrons. The summed E-state index contributed by atoms with van der Waals surface area (Å²) < 4.78 is 0. The molecule has 25 heavy (non-hydrogen) atoms. The summed E-state index contributed by atoms with van der Waals surface area (Å²) in [7, 11) is 0. The lowest BCUT2D eigenvalue weighted by atomic mass is 9.88. The van der Waals surface area contributed by atoms with Gasteiger partial charge in [0.25, 0.3) is 0 Å². The van der Waals surface area contributed by atoms with E-state index in [0.29, 0.717) is 18.5 Å². The van der Waals surface area contributed by atoms with Crippen LogP contribution in [0, 0.1) is 13.8 Å². The van der Waals surface area contributed by atoms with Gasteiger partial charge in [-0.3, -0.25) is 14.9 Å². The molecule has 0 saturated carbocycles. The number of aryl methyl sites for hydroxylation is 2. The average Bonchev–Trinajstić information content (AvgIpc) is 2.63. The third-order valence-corrected chi connectivity index (χ3v) is 5.23. The van der Waals surface area contributed by atoms with Gasteiger partial charge in [0.2, 0.25) is 0 Å². The van der Waals surface area contributed by atoms with Crippen LogP contribution < -0.4 is 0 Å². The molecule has 1 aliphatic rings. The highest BCUT2D eigenvalue weighted by atomic mass is 16.1. The Bertz CT molecular complexity index is 662. The number of hydrogen-bond donors (Lipinski definition) is 0. The van der Waals surface area contributed by atoms with E-state index in [-0.39, 0.29) is 0 Å². The van der Waals surface area contributed by atoms with Crippen molar-refractivity contribution in [3.8, 4) is 0 Å². The molecule has 1 aliphatic heterocycles. The number of aromatic nitrogens is 2. The number of carbonyl (C=O) groups is 1.